The zero-order valence-corrected chi connectivity index (χ0v) is 10.1. The molecular weight excluding hydrogens is 267 g/mol. The molecule has 7 atom stereocenters. The van der Waals surface area contributed by atoms with Crippen LogP contribution in [0.3, 0.4) is 0 Å². The molecule has 4 rings (SSSR count). The lowest BCUT2D eigenvalue weighted by molar-refractivity contribution is -0.359. The van der Waals surface area contributed by atoms with Crippen molar-refractivity contribution in [1.29, 1.82) is 0 Å². The van der Waals surface area contributed by atoms with E-state index in [1.54, 1.807) is 0 Å². The molecule has 0 aromatic rings. The minimum absolute atomic E-state index is 0.120. The predicted octanol–water partition coefficient (Wildman–Crippen LogP) is 3.23. The molecule has 0 amide bonds. The first-order chi connectivity index (χ1) is 8.69. The van der Waals surface area contributed by atoms with Crippen LogP contribution >= 0.6 is 0 Å². The summed E-state index contributed by atoms with van der Waals surface area (Å²) in [5, 5.41) is 9.85. The van der Waals surface area contributed by atoms with Crippen LogP contribution in [0.5, 0.6) is 0 Å². The van der Waals surface area contributed by atoms with E-state index in [0.717, 1.165) is 19.3 Å². The Balaban J connectivity index is 1.82. The van der Waals surface area contributed by atoms with Crippen LogP contribution in [0.25, 0.3) is 0 Å². The molecule has 0 aromatic heterocycles. The highest BCUT2D eigenvalue weighted by atomic mass is 19.4. The first kappa shape index (κ1) is 12.4. The van der Waals surface area contributed by atoms with E-state index in [-0.39, 0.29) is 30.1 Å². The molecule has 4 aliphatic carbocycles. The molecule has 4 fully saturated rings. The van der Waals surface area contributed by atoms with Gasteiger partial charge in [0.15, 0.2) is 0 Å². The van der Waals surface area contributed by atoms with E-state index in [4.69, 9.17) is 0 Å². The lowest BCUT2D eigenvalue weighted by Gasteiger charge is -2.48. The van der Waals surface area contributed by atoms with E-state index in [0.29, 0.717) is 0 Å². The van der Waals surface area contributed by atoms with Crippen LogP contribution in [0.4, 0.5) is 22.0 Å². The highest BCUT2D eigenvalue weighted by Crippen LogP contribution is 2.75. The van der Waals surface area contributed by atoms with Crippen LogP contribution in [0.1, 0.15) is 25.7 Å². The van der Waals surface area contributed by atoms with Crippen LogP contribution < -0.4 is 0 Å². The quantitative estimate of drug-likeness (QED) is 0.534. The Bertz CT molecular complexity index is 433. The number of fused-ring (bicyclic) bond motifs is 9. The second kappa shape index (κ2) is 3.10. The van der Waals surface area contributed by atoms with Gasteiger partial charge in [0.2, 0.25) is 5.60 Å². The Hall–Kier alpha value is -0.390. The van der Waals surface area contributed by atoms with Crippen LogP contribution in [0.2, 0.25) is 0 Å². The van der Waals surface area contributed by atoms with Crippen molar-refractivity contribution in [1.82, 2.24) is 0 Å². The van der Waals surface area contributed by atoms with Crippen LogP contribution in [0.15, 0.2) is 0 Å². The molecule has 6 heteroatoms. The number of hydrogen-bond donors (Lipinski definition) is 1. The van der Waals surface area contributed by atoms with E-state index in [1.165, 1.54) is 0 Å². The summed E-state index contributed by atoms with van der Waals surface area (Å²) in [5.41, 5.74) is -3.80. The van der Waals surface area contributed by atoms with Crippen molar-refractivity contribution in [2.75, 3.05) is 0 Å². The average molecular weight is 282 g/mol. The Morgan fingerprint density at radius 3 is 1.95 bits per heavy atom. The molecule has 0 spiro atoms. The monoisotopic (exact) mass is 282 g/mol. The molecular formula is C13H15F5O. The molecule has 19 heavy (non-hydrogen) atoms. The van der Waals surface area contributed by atoms with Gasteiger partial charge in [-0.3, -0.25) is 0 Å². The van der Waals surface area contributed by atoms with Gasteiger partial charge in [-0.25, -0.2) is 8.78 Å². The Morgan fingerprint density at radius 2 is 1.42 bits per heavy atom. The Kier molecular flexibility index (Phi) is 2.01. The van der Waals surface area contributed by atoms with Gasteiger partial charge in [0.25, 0.3) is 5.92 Å². The predicted molar refractivity (Wildman–Crippen MR) is 55.4 cm³/mol. The summed E-state index contributed by atoms with van der Waals surface area (Å²) in [7, 11) is 0. The molecule has 108 valence electrons. The van der Waals surface area contributed by atoms with E-state index < -0.39 is 29.5 Å². The van der Waals surface area contributed by atoms with Crippen LogP contribution in [-0.2, 0) is 0 Å². The summed E-state index contributed by atoms with van der Waals surface area (Å²) in [6, 6.07) is 0. The zero-order valence-electron chi connectivity index (χ0n) is 10.1. The fourth-order valence-corrected chi connectivity index (χ4v) is 5.93. The third kappa shape index (κ3) is 1.09. The average Bonchev–Trinajstić information content (AvgIpc) is 2.98. The first-order valence-electron chi connectivity index (χ1n) is 6.86. The van der Waals surface area contributed by atoms with Gasteiger partial charge >= 0.3 is 6.18 Å². The summed E-state index contributed by atoms with van der Waals surface area (Å²) in [4.78, 5) is 0. The van der Waals surface area contributed by atoms with Crippen molar-refractivity contribution < 1.29 is 27.1 Å². The lowest BCUT2D eigenvalue weighted by Crippen LogP contribution is -2.66. The number of alkyl halides is 5. The molecule has 0 radical (unpaired) electrons. The molecule has 7 unspecified atom stereocenters. The van der Waals surface area contributed by atoms with Gasteiger partial charge in [0, 0.05) is 11.8 Å². The maximum Gasteiger partial charge on any atom is 0.423 e. The standard InChI is InChI=1S/C13H15F5O/c14-12(15)8-4-7(11(12,19)13(16,17)18)9-5-1-2-6(3-5)10(8)9/h5-10,19H,1-4H2. The van der Waals surface area contributed by atoms with E-state index in [1.807, 2.05) is 0 Å². The van der Waals surface area contributed by atoms with Gasteiger partial charge < -0.3 is 5.11 Å². The Labute approximate surface area is 107 Å². The second-order valence-corrected chi connectivity index (χ2v) is 6.82. The molecule has 4 saturated carbocycles. The summed E-state index contributed by atoms with van der Waals surface area (Å²) in [5.74, 6) is -6.95. The van der Waals surface area contributed by atoms with Crippen molar-refractivity contribution in [2.24, 2.45) is 35.5 Å². The topological polar surface area (TPSA) is 20.2 Å². The normalized spacial score (nSPS) is 57.8. The van der Waals surface area contributed by atoms with E-state index in [2.05, 4.69) is 0 Å². The molecule has 4 aliphatic rings. The molecule has 1 N–H and O–H groups in total. The second-order valence-electron chi connectivity index (χ2n) is 6.82. The van der Waals surface area contributed by atoms with Crippen molar-refractivity contribution in [3.63, 3.8) is 0 Å². The summed E-state index contributed by atoms with van der Waals surface area (Å²) < 4.78 is 67.6. The van der Waals surface area contributed by atoms with Crippen molar-refractivity contribution in [3.8, 4) is 0 Å². The van der Waals surface area contributed by atoms with Crippen LogP contribution in [0, 0.1) is 35.5 Å². The Morgan fingerprint density at radius 1 is 0.895 bits per heavy atom. The van der Waals surface area contributed by atoms with Crippen molar-refractivity contribution in [2.45, 2.75) is 43.4 Å². The molecule has 0 heterocycles. The van der Waals surface area contributed by atoms with Gasteiger partial charge in [-0.2, -0.15) is 13.2 Å². The maximum atomic E-state index is 14.2. The van der Waals surface area contributed by atoms with Gasteiger partial charge in [-0.1, -0.05) is 0 Å². The minimum atomic E-state index is -5.25. The third-order valence-electron chi connectivity index (χ3n) is 6.43. The van der Waals surface area contributed by atoms with E-state index >= 15 is 0 Å². The summed E-state index contributed by atoms with van der Waals surface area (Å²) in [6.45, 7) is 0. The molecule has 0 aliphatic heterocycles. The number of rotatable bonds is 0. The molecule has 1 nitrogen and oxygen atoms in total. The molecule has 0 aromatic carbocycles. The maximum absolute atomic E-state index is 14.2. The highest BCUT2D eigenvalue weighted by molar-refractivity contribution is 5.24. The van der Waals surface area contributed by atoms with Crippen LogP contribution in [-0.4, -0.2) is 22.8 Å². The third-order valence-corrected chi connectivity index (χ3v) is 6.43. The molecule has 0 saturated heterocycles. The smallest absolute Gasteiger partial charge is 0.376 e. The SMILES string of the molecule is OC1(C(F)(F)F)C2CC(C3C4CCC(C4)C32)C1(F)F. The summed E-state index contributed by atoms with van der Waals surface area (Å²) in [6.07, 6.45) is -2.91. The molecule has 4 bridgehead atoms. The number of halogens is 5. The number of hydrogen-bond acceptors (Lipinski definition) is 1. The van der Waals surface area contributed by atoms with E-state index in [9.17, 15) is 27.1 Å². The van der Waals surface area contributed by atoms with Gasteiger partial charge in [-0.05, 0) is 49.4 Å². The zero-order chi connectivity index (χ0) is 13.8. The number of aliphatic hydroxyl groups is 1. The highest BCUT2D eigenvalue weighted by Gasteiger charge is 2.86. The fourth-order valence-electron chi connectivity index (χ4n) is 5.93. The van der Waals surface area contributed by atoms with Gasteiger partial charge in [-0.15, -0.1) is 0 Å². The van der Waals surface area contributed by atoms with Crippen molar-refractivity contribution in [3.05, 3.63) is 0 Å². The lowest BCUT2D eigenvalue weighted by atomic mass is 9.64. The first-order valence-corrected chi connectivity index (χ1v) is 6.86. The minimum Gasteiger partial charge on any atom is -0.376 e. The summed E-state index contributed by atoms with van der Waals surface area (Å²) >= 11 is 0. The van der Waals surface area contributed by atoms with Gasteiger partial charge in [0.05, 0.1) is 0 Å². The fraction of sp³-hybridized carbons (Fsp3) is 1.00. The van der Waals surface area contributed by atoms with Crippen molar-refractivity contribution >= 4 is 0 Å². The largest absolute Gasteiger partial charge is 0.423 e. The van der Waals surface area contributed by atoms with Gasteiger partial charge in [0.1, 0.15) is 0 Å².